The minimum Gasteiger partial charge on any atom is -0.381 e. The van der Waals surface area contributed by atoms with Crippen molar-refractivity contribution in [1.29, 1.82) is 0 Å². The SMILES string of the molecule is CC(C)CNC1=C(SCCCl)C(=O)c2ccccc2C1=O. The van der Waals surface area contributed by atoms with Crippen molar-refractivity contribution < 1.29 is 9.59 Å². The fourth-order valence-corrected chi connectivity index (χ4v) is 3.16. The number of nitrogens with one attached hydrogen (secondary N) is 1. The van der Waals surface area contributed by atoms with Crippen LogP contribution in [0.25, 0.3) is 0 Å². The Morgan fingerprint density at radius 3 is 2.33 bits per heavy atom. The van der Waals surface area contributed by atoms with Gasteiger partial charge in [-0.3, -0.25) is 9.59 Å². The number of hydrogen-bond acceptors (Lipinski definition) is 4. The Kier molecular flexibility index (Phi) is 5.48. The van der Waals surface area contributed by atoms with E-state index in [1.165, 1.54) is 11.8 Å². The first-order valence-electron chi connectivity index (χ1n) is 6.91. The number of thioether (sulfide) groups is 1. The molecule has 3 nitrogen and oxygen atoms in total. The molecule has 0 bridgehead atoms. The van der Waals surface area contributed by atoms with Gasteiger partial charge in [0.05, 0.1) is 4.91 Å². The van der Waals surface area contributed by atoms with E-state index in [-0.39, 0.29) is 11.6 Å². The number of ketones is 2. The number of carbonyl (C=O) groups excluding carboxylic acids is 2. The van der Waals surface area contributed by atoms with Gasteiger partial charge in [0.25, 0.3) is 0 Å². The van der Waals surface area contributed by atoms with Crippen LogP contribution in [-0.2, 0) is 0 Å². The van der Waals surface area contributed by atoms with Crippen LogP contribution in [0.2, 0.25) is 0 Å². The molecule has 1 aliphatic rings. The Labute approximate surface area is 134 Å². The lowest BCUT2D eigenvalue weighted by Crippen LogP contribution is -2.31. The molecule has 0 fully saturated rings. The summed E-state index contributed by atoms with van der Waals surface area (Å²) in [6.07, 6.45) is 0. The molecular formula is C16H18ClNO2S. The van der Waals surface area contributed by atoms with Crippen LogP contribution in [0.15, 0.2) is 34.9 Å². The Hall–Kier alpha value is -1.26. The number of allylic oxidation sites excluding steroid dienone is 2. The summed E-state index contributed by atoms with van der Waals surface area (Å²) in [5.41, 5.74) is 1.38. The standard InChI is InChI=1S/C16H18ClNO2S/c1-10(2)9-18-13-14(19)11-5-3-4-6-12(11)15(20)16(13)21-8-7-17/h3-6,10,18H,7-9H2,1-2H3. The largest absolute Gasteiger partial charge is 0.381 e. The van der Waals surface area contributed by atoms with Gasteiger partial charge in [0.15, 0.2) is 0 Å². The Morgan fingerprint density at radius 2 is 1.76 bits per heavy atom. The lowest BCUT2D eigenvalue weighted by atomic mass is 9.92. The van der Waals surface area contributed by atoms with Gasteiger partial charge in [-0.05, 0) is 5.92 Å². The van der Waals surface area contributed by atoms with Crippen molar-refractivity contribution in [3.8, 4) is 0 Å². The van der Waals surface area contributed by atoms with Crippen LogP contribution in [-0.4, -0.2) is 29.7 Å². The van der Waals surface area contributed by atoms with Gasteiger partial charge in [-0.25, -0.2) is 0 Å². The first-order chi connectivity index (χ1) is 10.1. The molecule has 21 heavy (non-hydrogen) atoms. The number of carbonyl (C=O) groups is 2. The molecule has 0 spiro atoms. The summed E-state index contributed by atoms with van der Waals surface area (Å²) in [5, 5.41) is 3.15. The fraction of sp³-hybridized carbons (Fsp3) is 0.375. The summed E-state index contributed by atoms with van der Waals surface area (Å²) in [6.45, 7) is 4.77. The second kappa shape index (κ2) is 7.14. The third-order valence-corrected chi connectivity index (χ3v) is 4.59. The van der Waals surface area contributed by atoms with Crippen molar-refractivity contribution in [1.82, 2.24) is 5.32 Å². The van der Waals surface area contributed by atoms with Gasteiger partial charge in [-0.2, -0.15) is 0 Å². The highest BCUT2D eigenvalue weighted by Gasteiger charge is 2.32. The molecule has 5 heteroatoms. The molecule has 0 saturated carbocycles. The van der Waals surface area contributed by atoms with Crippen LogP contribution in [0.1, 0.15) is 34.6 Å². The second-order valence-corrected chi connectivity index (χ2v) is 6.70. The molecule has 0 amide bonds. The Bertz CT molecular complexity index is 596. The predicted molar refractivity (Wildman–Crippen MR) is 88.1 cm³/mol. The summed E-state index contributed by atoms with van der Waals surface area (Å²) in [6, 6.07) is 6.97. The van der Waals surface area contributed by atoms with Crippen LogP contribution in [0.5, 0.6) is 0 Å². The van der Waals surface area contributed by atoms with E-state index in [0.717, 1.165) is 0 Å². The van der Waals surface area contributed by atoms with Gasteiger partial charge >= 0.3 is 0 Å². The van der Waals surface area contributed by atoms with Gasteiger partial charge in [0.1, 0.15) is 5.70 Å². The lowest BCUT2D eigenvalue weighted by Gasteiger charge is -2.22. The number of benzene rings is 1. The van der Waals surface area contributed by atoms with Gasteiger partial charge < -0.3 is 5.32 Å². The average Bonchev–Trinajstić information content (AvgIpc) is 2.48. The minimum absolute atomic E-state index is 0.0911. The van der Waals surface area contributed by atoms with Crippen molar-refractivity contribution in [2.45, 2.75) is 13.8 Å². The number of rotatable bonds is 6. The van der Waals surface area contributed by atoms with E-state index in [0.29, 0.717) is 45.8 Å². The molecular weight excluding hydrogens is 306 g/mol. The molecule has 112 valence electrons. The normalized spacial score (nSPS) is 14.7. The Balaban J connectivity index is 2.41. The van der Waals surface area contributed by atoms with Crippen molar-refractivity contribution >= 4 is 34.9 Å². The van der Waals surface area contributed by atoms with Crippen LogP contribution >= 0.6 is 23.4 Å². The molecule has 0 saturated heterocycles. The van der Waals surface area contributed by atoms with E-state index in [9.17, 15) is 9.59 Å². The molecule has 1 aromatic carbocycles. The zero-order valence-corrected chi connectivity index (χ0v) is 13.7. The smallest absolute Gasteiger partial charge is 0.210 e. The summed E-state index contributed by atoms with van der Waals surface area (Å²) in [7, 11) is 0. The summed E-state index contributed by atoms with van der Waals surface area (Å²) in [4.78, 5) is 25.7. The van der Waals surface area contributed by atoms with E-state index >= 15 is 0 Å². The maximum Gasteiger partial charge on any atom is 0.210 e. The molecule has 0 radical (unpaired) electrons. The number of fused-ring (bicyclic) bond motifs is 1. The predicted octanol–water partition coefficient (Wildman–Crippen LogP) is 3.49. The molecule has 1 aromatic rings. The highest BCUT2D eigenvalue weighted by atomic mass is 35.5. The maximum atomic E-state index is 12.6. The minimum atomic E-state index is -0.108. The first-order valence-corrected chi connectivity index (χ1v) is 8.43. The molecule has 0 aliphatic heterocycles. The van der Waals surface area contributed by atoms with Crippen molar-refractivity contribution in [3.05, 3.63) is 46.0 Å². The van der Waals surface area contributed by atoms with Gasteiger partial charge in [0, 0.05) is 29.3 Å². The van der Waals surface area contributed by atoms with Crippen molar-refractivity contribution in [2.24, 2.45) is 5.92 Å². The second-order valence-electron chi connectivity index (χ2n) is 5.22. The summed E-state index contributed by atoms with van der Waals surface area (Å²) < 4.78 is 0. The zero-order valence-electron chi connectivity index (χ0n) is 12.1. The number of Topliss-reactive ketones (excluding diaryl/α,β-unsaturated/α-hetero) is 2. The van der Waals surface area contributed by atoms with E-state index in [1.54, 1.807) is 24.3 Å². The molecule has 0 aromatic heterocycles. The zero-order chi connectivity index (χ0) is 15.4. The highest BCUT2D eigenvalue weighted by Crippen LogP contribution is 2.31. The number of alkyl halides is 1. The number of halogens is 1. The topological polar surface area (TPSA) is 46.2 Å². The fourth-order valence-electron chi connectivity index (χ4n) is 2.10. The van der Waals surface area contributed by atoms with Crippen LogP contribution in [0.4, 0.5) is 0 Å². The molecule has 2 rings (SSSR count). The van der Waals surface area contributed by atoms with E-state index in [1.807, 2.05) is 0 Å². The molecule has 1 N–H and O–H groups in total. The quantitative estimate of drug-likeness (QED) is 0.814. The van der Waals surface area contributed by atoms with Crippen LogP contribution in [0, 0.1) is 5.92 Å². The molecule has 0 heterocycles. The Morgan fingerprint density at radius 1 is 1.14 bits per heavy atom. The van der Waals surface area contributed by atoms with E-state index in [4.69, 9.17) is 11.6 Å². The highest BCUT2D eigenvalue weighted by molar-refractivity contribution is 8.04. The van der Waals surface area contributed by atoms with E-state index in [2.05, 4.69) is 19.2 Å². The average molecular weight is 324 g/mol. The van der Waals surface area contributed by atoms with Gasteiger partial charge in [-0.1, -0.05) is 38.1 Å². The lowest BCUT2D eigenvalue weighted by molar-refractivity contribution is 0.0975. The van der Waals surface area contributed by atoms with Crippen molar-refractivity contribution in [2.75, 3.05) is 18.2 Å². The van der Waals surface area contributed by atoms with Gasteiger partial charge in [-0.15, -0.1) is 23.4 Å². The molecule has 0 unspecified atom stereocenters. The summed E-state index contributed by atoms with van der Waals surface area (Å²) >= 11 is 7.07. The molecule has 0 atom stereocenters. The monoisotopic (exact) mass is 323 g/mol. The third kappa shape index (κ3) is 3.50. The first kappa shape index (κ1) is 16.1. The van der Waals surface area contributed by atoms with Crippen LogP contribution in [0.3, 0.4) is 0 Å². The maximum absolute atomic E-state index is 12.6. The summed E-state index contributed by atoms with van der Waals surface area (Å²) in [5.74, 6) is 1.23. The number of hydrogen-bond donors (Lipinski definition) is 1. The van der Waals surface area contributed by atoms with Crippen LogP contribution < -0.4 is 5.32 Å². The van der Waals surface area contributed by atoms with E-state index < -0.39 is 0 Å². The van der Waals surface area contributed by atoms with Gasteiger partial charge in [0.2, 0.25) is 11.6 Å². The van der Waals surface area contributed by atoms with Crippen molar-refractivity contribution in [3.63, 3.8) is 0 Å². The molecule has 1 aliphatic carbocycles. The third-order valence-electron chi connectivity index (χ3n) is 3.09.